The number of rotatable bonds is 6. The van der Waals surface area contributed by atoms with Gasteiger partial charge < -0.3 is 9.47 Å². The first-order chi connectivity index (χ1) is 32.2. The predicted molar refractivity (Wildman–Crippen MR) is 274 cm³/mol. The highest BCUT2D eigenvalue weighted by Gasteiger charge is 2.53. The molecule has 3 atom stereocenters. The maximum absolute atomic E-state index is 2.68. The monoisotopic (exact) mass is 838 g/mol. The van der Waals surface area contributed by atoms with Gasteiger partial charge in [0.05, 0.1) is 5.41 Å². The number of aromatic nitrogens is 1. The van der Waals surface area contributed by atoms with Gasteiger partial charge in [0.2, 0.25) is 0 Å². The molecule has 13 rings (SSSR count). The van der Waals surface area contributed by atoms with Crippen molar-refractivity contribution in [2.24, 2.45) is 5.92 Å². The first-order valence-electron chi connectivity index (χ1n) is 24.3. The van der Waals surface area contributed by atoms with Gasteiger partial charge in [-0.15, -0.1) is 0 Å². The van der Waals surface area contributed by atoms with E-state index in [0.717, 1.165) is 62.7 Å². The van der Waals surface area contributed by atoms with Crippen LogP contribution in [0.15, 0.2) is 204 Å². The fourth-order valence-corrected chi connectivity index (χ4v) is 12.7. The van der Waals surface area contributed by atoms with E-state index in [1.165, 1.54) is 95.5 Å². The third kappa shape index (κ3) is 5.92. The number of hydrogen-bond acceptors (Lipinski definition) is 1. The number of allylic oxidation sites excluding steroid dienone is 17. The Morgan fingerprint density at radius 1 is 0.569 bits per heavy atom. The molecule has 1 spiro atoms. The van der Waals surface area contributed by atoms with Crippen molar-refractivity contribution < 1.29 is 0 Å². The highest BCUT2D eigenvalue weighted by atomic mass is 15.1. The van der Waals surface area contributed by atoms with Crippen molar-refractivity contribution in [2.75, 3.05) is 4.90 Å². The van der Waals surface area contributed by atoms with Crippen LogP contribution in [-0.2, 0) is 11.8 Å². The van der Waals surface area contributed by atoms with Crippen molar-refractivity contribution in [3.05, 3.63) is 232 Å². The number of benzene rings is 5. The first-order valence-corrected chi connectivity index (χ1v) is 24.3. The summed E-state index contributed by atoms with van der Waals surface area (Å²) in [7, 11) is 0. The number of fused-ring (bicyclic) bond motifs is 11. The lowest BCUT2D eigenvalue weighted by Crippen LogP contribution is -2.29. The van der Waals surface area contributed by atoms with Gasteiger partial charge in [-0.05, 0) is 191 Å². The third-order valence-corrected chi connectivity index (χ3v) is 15.6. The third-order valence-electron chi connectivity index (χ3n) is 15.6. The molecule has 3 unspecified atom stereocenters. The molecular formula is C63H54N2. The van der Waals surface area contributed by atoms with Crippen LogP contribution in [0.5, 0.6) is 0 Å². The van der Waals surface area contributed by atoms with Crippen molar-refractivity contribution in [3.8, 4) is 22.3 Å². The van der Waals surface area contributed by atoms with Gasteiger partial charge >= 0.3 is 0 Å². The minimum atomic E-state index is -0.333. The second-order valence-corrected chi connectivity index (χ2v) is 19.1. The lowest BCUT2D eigenvalue weighted by Gasteiger charge is -2.35. The summed E-state index contributed by atoms with van der Waals surface area (Å²) in [5.41, 5.74) is 23.9. The standard InChI is InChI=1S/C63H54N2/c1-42-16-8-14-26-60(42)65-61-27-15-11-22-54(61)55-40-46(32-39-62(55)65)45-30-35-48(36-31-45)64(47-33-28-44(29-34-47)43-17-4-2-5-18-43)49-37-38-53-52-21-10-13-25-58(52)63(59(53)41-49)56-23-7-3-6-19-50(56)51-20-9-12-24-57(51)63/h4,6-10,13,15-21,23,25,27-42,60H,2-3,5,11-12,14,22,24,26H2,1H3. The molecule has 0 saturated carbocycles. The normalized spacial score (nSPS) is 22.3. The van der Waals surface area contributed by atoms with E-state index in [1.54, 1.807) is 5.57 Å². The molecule has 1 heterocycles. The molecule has 0 aliphatic heterocycles. The van der Waals surface area contributed by atoms with Gasteiger partial charge in [-0.3, -0.25) is 0 Å². The zero-order chi connectivity index (χ0) is 43.1. The summed E-state index contributed by atoms with van der Waals surface area (Å²) in [6, 6.07) is 43.0. The lowest BCUT2D eigenvalue weighted by atomic mass is 9.67. The Balaban J connectivity index is 0.948. The predicted octanol–water partition coefficient (Wildman–Crippen LogP) is 16.7. The molecule has 2 nitrogen and oxygen atoms in total. The van der Waals surface area contributed by atoms with E-state index in [1.807, 2.05) is 0 Å². The Labute approximate surface area is 384 Å². The summed E-state index contributed by atoms with van der Waals surface area (Å²) in [5, 5.41) is 1.42. The molecule has 0 amide bonds. The van der Waals surface area contributed by atoms with E-state index in [0.29, 0.717) is 12.0 Å². The van der Waals surface area contributed by atoms with Crippen molar-refractivity contribution in [1.29, 1.82) is 0 Å². The Kier molecular flexibility index (Phi) is 9.12. The second kappa shape index (κ2) is 15.4. The molecule has 65 heavy (non-hydrogen) atoms. The molecule has 0 N–H and O–H groups in total. The molecule has 7 aliphatic rings. The molecule has 0 saturated heterocycles. The van der Waals surface area contributed by atoms with Crippen LogP contribution in [-0.4, -0.2) is 4.57 Å². The summed E-state index contributed by atoms with van der Waals surface area (Å²) < 4.78 is 2.68. The van der Waals surface area contributed by atoms with E-state index in [2.05, 4.69) is 205 Å². The average molecular weight is 839 g/mol. The topological polar surface area (TPSA) is 8.17 Å². The lowest BCUT2D eigenvalue weighted by molar-refractivity contribution is 0.378. The zero-order valence-electron chi connectivity index (χ0n) is 37.3. The molecule has 1 aromatic heterocycles. The Hall–Kier alpha value is -6.90. The van der Waals surface area contributed by atoms with Crippen LogP contribution >= 0.6 is 0 Å². The highest BCUT2D eigenvalue weighted by molar-refractivity contribution is 5.95. The second-order valence-electron chi connectivity index (χ2n) is 19.1. The molecule has 0 radical (unpaired) electrons. The average Bonchev–Trinajstić information content (AvgIpc) is 3.85. The van der Waals surface area contributed by atoms with Gasteiger partial charge in [0.25, 0.3) is 0 Å². The van der Waals surface area contributed by atoms with Gasteiger partial charge in [0.1, 0.15) is 0 Å². The van der Waals surface area contributed by atoms with E-state index in [9.17, 15) is 0 Å². The SMILES string of the molecule is CC1C=CCCC1n1c2c(c3cc(-c4ccc(N(c5ccc(C6=CCCC=C6)cc5)c5ccc6c(c5)C5(C7=C(C=CCC=C7)C7=C5CCC=C7)c5ccccc5-6)cc4)ccc31)CCC=C2. The summed E-state index contributed by atoms with van der Waals surface area (Å²) >= 11 is 0. The number of anilines is 3. The van der Waals surface area contributed by atoms with E-state index >= 15 is 0 Å². The van der Waals surface area contributed by atoms with Crippen LogP contribution in [0.25, 0.3) is 44.8 Å². The summed E-state index contributed by atoms with van der Waals surface area (Å²) in [6.45, 7) is 2.39. The highest BCUT2D eigenvalue weighted by Crippen LogP contribution is 2.64. The first kappa shape index (κ1) is 38.5. The van der Waals surface area contributed by atoms with Gasteiger partial charge in [0, 0.05) is 39.7 Å². The largest absolute Gasteiger partial charge is 0.337 e. The smallest absolute Gasteiger partial charge is 0.0689 e. The van der Waals surface area contributed by atoms with Crippen molar-refractivity contribution in [2.45, 2.75) is 76.2 Å². The molecule has 6 aromatic rings. The molecule has 316 valence electrons. The van der Waals surface area contributed by atoms with Crippen LogP contribution in [0, 0.1) is 5.92 Å². The molecule has 7 aliphatic carbocycles. The molecule has 2 heteroatoms. The number of hydrogen-bond donors (Lipinski definition) is 0. The summed E-state index contributed by atoms with van der Waals surface area (Å²) in [6.07, 6.45) is 40.7. The van der Waals surface area contributed by atoms with E-state index < -0.39 is 0 Å². The minimum Gasteiger partial charge on any atom is -0.337 e. The van der Waals surface area contributed by atoms with E-state index in [-0.39, 0.29) is 5.41 Å². The maximum atomic E-state index is 2.68. The maximum Gasteiger partial charge on any atom is 0.0689 e. The summed E-state index contributed by atoms with van der Waals surface area (Å²) in [5.74, 6) is 0.523. The van der Waals surface area contributed by atoms with Crippen LogP contribution in [0.2, 0.25) is 0 Å². The van der Waals surface area contributed by atoms with Gasteiger partial charge in [-0.2, -0.15) is 0 Å². The molecule has 0 bridgehead atoms. The van der Waals surface area contributed by atoms with Crippen LogP contribution in [0.4, 0.5) is 17.1 Å². The van der Waals surface area contributed by atoms with Crippen LogP contribution < -0.4 is 4.90 Å². The molecule has 5 aromatic carbocycles. The van der Waals surface area contributed by atoms with Gasteiger partial charge in [-0.1, -0.05) is 140 Å². The number of aryl methyl sites for hydroxylation is 1. The summed E-state index contributed by atoms with van der Waals surface area (Å²) in [4.78, 5) is 2.49. The minimum absolute atomic E-state index is 0.333. The van der Waals surface area contributed by atoms with Crippen molar-refractivity contribution >= 4 is 39.6 Å². The molecule has 0 fully saturated rings. The zero-order valence-corrected chi connectivity index (χ0v) is 37.3. The fraction of sp³-hybridized carbons (Fsp3) is 0.206. The van der Waals surface area contributed by atoms with Crippen molar-refractivity contribution in [1.82, 2.24) is 4.57 Å². The Morgan fingerprint density at radius 3 is 2.15 bits per heavy atom. The van der Waals surface area contributed by atoms with Crippen LogP contribution in [0.1, 0.15) is 92.3 Å². The number of nitrogens with zero attached hydrogens (tertiary/aromatic N) is 2. The van der Waals surface area contributed by atoms with Gasteiger partial charge in [0.15, 0.2) is 0 Å². The van der Waals surface area contributed by atoms with Gasteiger partial charge in [-0.25, -0.2) is 0 Å². The molecular weight excluding hydrogens is 785 g/mol. The Bertz CT molecular complexity index is 3240. The van der Waals surface area contributed by atoms with Crippen molar-refractivity contribution in [3.63, 3.8) is 0 Å². The Morgan fingerprint density at radius 2 is 1.31 bits per heavy atom. The van der Waals surface area contributed by atoms with Crippen LogP contribution in [0.3, 0.4) is 0 Å². The quantitative estimate of drug-likeness (QED) is 0.152. The van der Waals surface area contributed by atoms with E-state index in [4.69, 9.17) is 0 Å². The fourth-order valence-electron chi connectivity index (χ4n) is 12.7.